The van der Waals surface area contributed by atoms with E-state index in [4.69, 9.17) is 0 Å². The van der Waals surface area contributed by atoms with E-state index in [9.17, 15) is 0 Å². The molecule has 0 N–H and O–H groups in total. The van der Waals surface area contributed by atoms with Crippen molar-refractivity contribution in [2.45, 2.75) is 0 Å². The van der Waals surface area contributed by atoms with Crippen LogP contribution in [0.2, 0.25) is 0 Å². The van der Waals surface area contributed by atoms with E-state index >= 15 is 0 Å². The Labute approximate surface area is 67.9 Å². The molecule has 0 spiro atoms. The lowest BCUT2D eigenvalue weighted by atomic mass is 10.2. The monoisotopic (exact) mass is 142 g/mol. The number of allylic oxidation sites excluding steroid dienone is 3. The molecule has 0 saturated carbocycles. The summed E-state index contributed by atoms with van der Waals surface area (Å²) < 4.78 is 0. The summed E-state index contributed by atoms with van der Waals surface area (Å²) in [5.74, 6) is 0. The quantitative estimate of drug-likeness (QED) is 0.557. The van der Waals surface area contributed by atoms with Crippen LogP contribution in [-0.4, -0.2) is 0 Å². The fourth-order valence-corrected chi connectivity index (χ4v) is 0.747. The van der Waals surface area contributed by atoms with Gasteiger partial charge in [-0.3, -0.25) is 0 Å². The van der Waals surface area contributed by atoms with Gasteiger partial charge in [0.25, 0.3) is 0 Å². The molecule has 0 atom stereocenters. The lowest BCUT2D eigenvalue weighted by Crippen LogP contribution is -1.68. The van der Waals surface area contributed by atoms with Crippen LogP contribution < -0.4 is 0 Å². The predicted molar refractivity (Wildman–Crippen MR) is 47.9 cm³/mol. The van der Waals surface area contributed by atoms with E-state index in [1.807, 2.05) is 42.5 Å². The van der Waals surface area contributed by atoms with Crippen molar-refractivity contribution in [2.24, 2.45) is 0 Å². The SMILES string of the molecule is [CH2]C=CC=[C]c1ccccc1. The molecule has 0 unspecified atom stereocenters. The molecule has 0 heteroatoms. The Bertz CT molecular complexity index is 242. The number of benzene rings is 1. The van der Waals surface area contributed by atoms with Crippen molar-refractivity contribution in [3.63, 3.8) is 0 Å². The molecule has 1 rings (SSSR count). The van der Waals surface area contributed by atoms with Crippen LogP contribution in [0.5, 0.6) is 0 Å². The van der Waals surface area contributed by atoms with Gasteiger partial charge in [0.15, 0.2) is 0 Å². The molecule has 0 saturated heterocycles. The van der Waals surface area contributed by atoms with Gasteiger partial charge in [0.05, 0.1) is 0 Å². The van der Waals surface area contributed by atoms with Crippen LogP contribution in [0.15, 0.2) is 48.6 Å². The minimum atomic E-state index is 1.09. The van der Waals surface area contributed by atoms with E-state index in [1.165, 1.54) is 0 Å². The van der Waals surface area contributed by atoms with Crippen molar-refractivity contribution in [2.75, 3.05) is 0 Å². The molecule has 0 amide bonds. The average molecular weight is 142 g/mol. The highest BCUT2D eigenvalue weighted by Gasteiger charge is 1.79. The van der Waals surface area contributed by atoms with Crippen LogP contribution in [0.4, 0.5) is 0 Å². The Morgan fingerprint density at radius 3 is 2.55 bits per heavy atom. The summed E-state index contributed by atoms with van der Waals surface area (Å²) >= 11 is 0. The van der Waals surface area contributed by atoms with Crippen molar-refractivity contribution >= 4 is 0 Å². The van der Waals surface area contributed by atoms with Crippen molar-refractivity contribution in [1.29, 1.82) is 0 Å². The Hall–Kier alpha value is -1.30. The minimum absolute atomic E-state index is 1.09. The van der Waals surface area contributed by atoms with Crippen LogP contribution in [-0.2, 0) is 0 Å². The zero-order valence-corrected chi connectivity index (χ0v) is 6.33. The molecule has 0 fully saturated rings. The second-order valence-corrected chi connectivity index (χ2v) is 2.11. The van der Waals surface area contributed by atoms with Gasteiger partial charge in [-0.25, -0.2) is 0 Å². The van der Waals surface area contributed by atoms with E-state index < -0.39 is 0 Å². The normalized spacial score (nSPS) is 11.4. The van der Waals surface area contributed by atoms with E-state index in [-0.39, 0.29) is 0 Å². The van der Waals surface area contributed by atoms with Gasteiger partial charge >= 0.3 is 0 Å². The molecule has 0 aliphatic rings. The largest absolute Gasteiger partial charge is 0.0842 e. The molecular formula is C11H10. The second kappa shape index (κ2) is 4.51. The topological polar surface area (TPSA) is 0 Å². The zero-order chi connectivity index (χ0) is 7.94. The predicted octanol–water partition coefficient (Wildman–Crippen LogP) is 2.78. The van der Waals surface area contributed by atoms with Gasteiger partial charge in [0.1, 0.15) is 0 Å². The highest BCUT2D eigenvalue weighted by Crippen LogP contribution is 1.97. The Kier molecular flexibility index (Phi) is 3.20. The van der Waals surface area contributed by atoms with Crippen molar-refractivity contribution in [3.05, 3.63) is 67.1 Å². The maximum Gasteiger partial charge on any atom is -0.0106 e. The molecule has 11 heavy (non-hydrogen) atoms. The Morgan fingerprint density at radius 2 is 1.91 bits per heavy atom. The van der Waals surface area contributed by atoms with Crippen LogP contribution >= 0.6 is 0 Å². The van der Waals surface area contributed by atoms with Gasteiger partial charge in [0.2, 0.25) is 0 Å². The molecule has 54 valence electrons. The summed E-state index contributed by atoms with van der Waals surface area (Å²) in [5, 5.41) is 0. The van der Waals surface area contributed by atoms with E-state index in [2.05, 4.69) is 13.0 Å². The van der Waals surface area contributed by atoms with Gasteiger partial charge in [0, 0.05) is 0 Å². The van der Waals surface area contributed by atoms with Crippen molar-refractivity contribution in [1.82, 2.24) is 0 Å². The summed E-state index contributed by atoms with van der Waals surface area (Å²) in [4.78, 5) is 0. The first-order valence-corrected chi connectivity index (χ1v) is 3.52. The molecule has 2 radical (unpaired) electrons. The molecule has 0 aliphatic heterocycles. The third-order valence-corrected chi connectivity index (χ3v) is 1.26. The maximum absolute atomic E-state index is 3.57. The molecule has 0 bridgehead atoms. The van der Waals surface area contributed by atoms with Crippen molar-refractivity contribution in [3.8, 4) is 0 Å². The molecule has 0 heterocycles. The standard InChI is InChI=1S/C11H10/c1-2-3-5-8-11-9-6-4-7-10-11/h2-7,9-10H,1H2. The summed E-state index contributed by atoms with van der Waals surface area (Å²) in [6, 6.07) is 9.98. The molecule has 1 aromatic rings. The number of hydrogen-bond acceptors (Lipinski definition) is 0. The lowest BCUT2D eigenvalue weighted by Gasteiger charge is -1.86. The third-order valence-electron chi connectivity index (χ3n) is 1.26. The van der Waals surface area contributed by atoms with Gasteiger partial charge in [-0.15, -0.1) is 0 Å². The first kappa shape index (κ1) is 7.80. The van der Waals surface area contributed by atoms with Crippen LogP contribution in [0, 0.1) is 13.0 Å². The van der Waals surface area contributed by atoms with E-state index in [0.717, 1.165) is 5.56 Å². The minimum Gasteiger partial charge on any atom is -0.0842 e. The van der Waals surface area contributed by atoms with Gasteiger partial charge < -0.3 is 0 Å². The smallest absolute Gasteiger partial charge is 0.0106 e. The van der Waals surface area contributed by atoms with E-state index in [1.54, 1.807) is 6.08 Å². The third kappa shape index (κ3) is 2.85. The average Bonchev–Trinajstić information content (AvgIpc) is 2.07. The highest BCUT2D eigenvalue weighted by molar-refractivity contribution is 5.23. The number of hydrogen-bond donors (Lipinski definition) is 0. The Balaban J connectivity index is 2.64. The zero-order valence-electron chi connectivity index (χ0n) is 6.33. The first-order chi connectivity index (χ1) is 5.43. The summed E-state index contributed by atoms with van der Waals surface area (Å²) in [6.07, 6.45) is 8.53. The van der Waals surface area contributed by atoms with Gasteiger partial charge in [-0.1, -0.05) is 48.6 Å². The van der Waals surface area contributed by atoms with Crippen molar-refractivity contribution < 1.29 is 0 Å². The molecule has 0 nitrogen and oxygen atoms in total. The second-order valence-electron chi connectivity index (χ2n) is 2.11. The maximum atomic E-state index is 3.57. The Morgan fingerprint density at radius 1 is 1.18 bits per heavy atom. The summed E-state index contributed by atoms with van der Waals surface area (Å²) in [5.41, 5.74) is 1.09. The van der Waals surface area contributed by atoms with Crippen LogP contribution in [0.25, 0.3) is 0 Å². The fourth-order valence-electron chi connectivity index (χ4n) is 0.747. The number of rotatable bonds is 2. The fraction of sp³-hybridized carbons (Fsp3) is 0. The summed E-state index contributed by atoms with van der Waals surface area (Å²) in [7, 11) is 0. The molecule has 1 aromatic carbocycles. The van der Waals surface area contributed by atoms with E-state index in [0.29, 0.717) is 0 Å². The highest BCUT2D eigenvalue weighted by atomic mass is 13.8. The van der Waals surface area contributed by atoms with Crippen LogP contribution in [0.1, 0.15) is 5.56 Å². The lowest BCUT2D eigenvalue weighted by molar-refractivity contribution is 1.57. The summed E-state index contributed by atoms with van der Waals surface area (Å²) in [6.45, 7) is 3.57. The van der Waals surface area contributed by atoms with Gasteiger partial charge in [-0.05, 0) is 18.6 Å². The molecular weight excluding hydrogens is 132 g/mol. The molecule has 0 aromatic heterocycles. The van der Waals surface area contributed by atoms with Gasteiger partial charge in [-0.2, -0.15) is 0 Å². The first-order valence-electron chi connectivity index (χ1n) is 3.52. The van der Waals surface area contributed by atoms with Crippen LogP contribution in [0.3, 0.4) is 0 Å². The molecule has 0 aliphatic carbocycles.